The van der Waals surface area contributed by atoms with E-state index < -0.39 is 11.7 Å². The van der Waals surface area contributed by atoms with Gasteiger partial charge in [-0.05, 0) is 93.4 Å². The number of benzene rings is 2. The number of alkyl halides is 3. The molecule has 1 amide bonds. The molecule has 32 heavy (non-hydrogen) atoms. The SMILES string of the molecule is CC(c1cccc(C(F)(F)F)c1)N1CCC2(CCN(c3ccc(C4CC4)cc3)C2=O)CC1. The maximum atomic E-state index is 13.4. The molecule has 3 fully saturated rings. The number of nitrogens with zero attached hydrogens (tertiary/aromatic N) is 2. The zero-order valence-corrected chi connectivity index (χ0v) is 18.4. The number of rotatable bonds is 4. The minimum Gasteiger partial charge on any atom is -0.312 e. The summed E-state index contributed by atoms with van der Waals surface area (Å²) in [5.74, 6) is 0.913. The lowest BCUT2D eigenvalue weighted by Gasteiger charge is -2.40. The summed E-state index contributed by atoms with van der Waals surface area (Å²) < 4.78 is 39.3. The summed E-state index contributed by atoms with van der Waals surface area (Å²) in [6.07, 6.45) is 0.554. The van der Waals surface area contributed by atoms with Gasteiger partial charge in [0.2, 0.25) is 5.91 Å². The van der Waals surface area contributed by atoms with Crippen molar-refractivity contribution in [2.24, 2.45) is 5.41 Å². The molecule has 0 radical (unpaired) electrons. The Kier molecular flexibility index (Phi) is 5.31. The molecule has 2 saturated heterocycles. The molecule has 0 N–H and O–H groups in total. The monoisotopic (exact) mass is 442 g/mol. The molecule has 0 aromatic heterocycles. The van der Waals surface area contributed by atoms with E-state index in [2.05, 4.69) is 29.2 Å². The highest BCUT2D eigenvalue weighted by molar-refractivity contribution is 6.00. The fraction of sp³-hybridized carbons (Fsp3) is 0.500. The summed E-state index contributed by atoms with van der Waals surface area (Å²) in [5.41, 5.74) is 2.08. The van der Waals surface area contributed by atoms with E-state index in [1.807, 2.05) is 11.8 Å². The molecule has 3 nitrogen and oxygen atoms in total. The summed E-state index contributed by atoms with van der Waals surface area (Å²) in [5, 5.41) is 0. The number of carbonyl (C=O) groups is 1. The Balaban J connectivity index is 1.24. The maximum Gasteiger partial charge on any atom is 0.416 e. The van der Waals surface area contributed by atoms with Crippen molar-refractivity contribution in [2.45, 2.75) is 57.2 Å². The number of piperidine rings is 1. The van der Waals surface area contributed by atoms with E-state index in [-0.39, 0.29) is 17.4 Å². The van der Waals surface area contributed by atoms with Crippen molar-refractivity contribution < 1.29 is 18.0 Å². The lowest BCUT2D eigenvalue weighted by Crippen LogP contribution is -2.45. The lowest BCUT2D eigenvalue weighted by atomic mass is 9.76. The molecule has 1 atom stereocenters. The molecule has 6 heteroatoms. The highest BCUT2D eigenvalue weighted by atomic mass is 19.4. The minimum absolute atomic E-state index is 0.114. The van der Waals surface area contributed by atoms with E-state index in [1.54, 1.807) is 6.07 Å². The van der Waals surface area contributed by atoms with E-state index in [9.17, 15) is 18.0 Å². The Morgan fingerprint density at radius 2 is 1.62 bits per heavy atom. The third kappa shape index (κ3) is 3.94. The lowest BCUT2D eigenvalue weighted by molar-refractivity contribution is -0.137. The van der Waals surface area contributed by atoms with Gasteiger partial charge in [0.05, 0.1) is 11.0 Å². The smallest absolute Gasteiger partial charge is 0.312 e. The van der Waals surface area contributed by atoms with Gasteiger partial charge in [-0.25, -0.2) is 0 Å². The van der Waals surface area contributed by atoms with Gasteiger partial charge in [-0.1, -0.05) is 24.3 Å². The normalized spacial score (nSPS) is 22.5. The number of anilines is 1. The standard InChI is InChI=1S/C26H29F3N2O/c1-18(21-3-2-4-22(17-21)26(27,28)29)30-14-11-25(12-15-30)13-16-31(24(25)32)23-9-7-20(8-10-23)19-5-6-19/h2-4,7-10,17-19H,5-6,11-16H2,1H3. The van der Waals surface area contributed by atoms with Crippen molar-refractivity contribution in [3.8, 4) is 0 Å². The van der Waals surface area contributed by atoms with Crippen LogP contribution in [0.4, 0.5) is 18.9 Å². The molecule has 1 spiro atoms. The number of hydrogen-bond donors (Lipinski definition) is 0. The second kappa shape index (κ2) is 7.91. The first-order chi connectivity index (χ1) is 15.3. The molecule has 2 heterocycles. The van der Waals surface area contributed by atoms with Gasteiger partial charge in [0.15, 0.2) is 0 Å². The van der Waals surface area contributed by atoms with Gasteiger partial charge >= 0.3 is 6.18 Å². The van der Waals surface area contributed by atoms with Crippen LogP contribution in [0.15, 0.2) is 48.5 Å². The van der Waals surface area contributed by atoms with E-state index in [0.717, 1.165) is 50.7 Å². The third-order valence-electron chi connectivity index (χ3n) is 7.77. The summed E-state index contributed by atoms with van der Waals surface area (Å²) in [6.45, 7) is 4.14. The quantitative estimate of drug-likeness (QED) is 0.566. The van der Waals surface area contributed by atoms with Crippen molar-refractivity contribution in [3.63, 3.8) is 0 Å². The molecular formula is C26H29F3N2O. The predicted octanol–water partition coefficient (Wildman–Crippen LogP) is 6.16. The van der Waals surface area contributed by atoms with Crippen LogP contribution >= 0.6 is 0 Å². The molecule has 2 aliphatic heterocycles. The van der Waals surface area contributed by atoms with Crippen molar-refractivity contribution in [3.05, 3.63) is 65.2 Å². The number of halogens is 3. The summed E-state index contributed by atoms with van der Waals surface area (Å²) in [6, 6.07) is 14.0. The third-order valence-corrected chi connectivity index (χ3v) is 7.77. The van der Waals surface area contributed by atoms with E-state index in [0.29, 0.717) is 11.5 Å². The molecule has 1 unspecified atom stereocenters. The average molecular weight is 443 g/mol. The Morgan fingerprint density at radius 1 is 0.969 bits per heavy atom. The molecule has 0 bridgehead atoms. The minimum atomic E-state index is -4.34. The first-order valence-corrected chi connectivity index (χ1v) is 11.6. The molecule has 1 aliphatic carbocycles. The Labute approximate surface area is 187 Å². The Morgan fingerprint density at radius 3 is 2.25 bits per heavy atom. The Hall–Kier alpha value is -2.34. The van der Waals surface area contributed by atoms with Crippen molar-refractivity contribution in [2.75, 3.05) is 24.5 Å². The van der Waals surface area contributed by atoms with Crippen LogP contribution in [0.5, 0.6) is 0 Å². The largest absolute Gasteiger partial charge is 0.416 e. The van der Waals surface area contributed by atoms with Gasteiger partial charge in [-0.15, -0.1) is 0 Å². The summed E-state index contributed by atoms with van der Waals surface area (Å²) >= 11 is 0. The van der Waals surface area contributed by atoms with Crippen LogP contribution in [-0.2, 0) is 11.0 Å². The van der Waals surface area contributed by atoms with Crippen LogP contribution in [0.2, 0.25) is 0 Å². The van der Waals surface area contributed by atoms with Crippen LogP contribution in [0.25, 0.3) is 0 Å². The molecule has 5 rings (SSSR count). The predicted molar refractivity (Wildman–Crippen MR) is 118 cm³/mol. The second-order valence-corrected chi connectivity index (χ2v) is 9.69. The van der Waals surface area contributed by atoms with Crippen LogP contribution in [-0.4, -0.2) is 30.4 Å². The van der Waals surface area contributed by atoms with Crippen molar-refractivity contribution >= 4 is 11.6 Å². The average Bonchev–Trinajstić information content (AvgIpc) is 3.60. The van der Waals surface area contributed by atoms with Crippen LogP contribution < -0.4 is 4.90 Å². The van der Waals surface area contributed by atoms with Crippen LogP contribution in [0.1, 0.15) is 67.7 Å². The van der Waals surface area contributed by atoms with Crippen molar-refractivity contribution in [1.29, 1.82) is 0 Å². The highest BCUT2D eigenvalue weighted by Gasteiger charge is 2.49. The van der Waals surface area contributed by atoms with Crippen molar-refractivity contribution in [1.82, 2.24) is 4.90 Å². The van der Waals surface area contributed by atoms with Gasteiger partial charge in [0.1, 0.15) is 0 Å². The zero-order chi connectivity index (χ0) is 22.5. The van der Waals surface area contributed by atoms with Crippen LogP contribution in [0, 0.1) is 5.41 Å². The fourth-order valence-corrected chi connectivity index (χ4v) is 5.40. The number of carbonyl (C=O) groups excluding carboxylic acids is 1. The second-order valence-electron chi connectivity index (χ2n) is 9.69. The molecule has 3 aliphatic rings. The highest BCUT2D eigenvalue weighted by Crippen LogP contribution is 2.45. The van der Waals surface area contributed by atoms with Gasteiger partial charge in [-0.2, -0.15) is 13.2 Å². The van der Waals surface area contributed by atoms with E-state index >= 15 is 0 Å². The van der Waals surface area contributed by atoms with Gasteiger partial charge < -0.3 is 4.90 Å². The van der Waals surface area contributed by atoms with E-state index in [4.69, 9.17) is 0 Å². The molecule has 1 saturated carbocycles. The molecular weight excluding hydrogens is 413 g/mol. The Bertz CT molecular complexity index is 989. The fourth-order valence-electron chi connectivity index (χ4n) is 5.40. The first kappa shape index (κ1) is 21.5. The number of likely N-dealkylation sites (tertiary alicyclic amines) is 1. The summed E-state index contributed by atoms with van der Waals surface area (Å²) in [7, 11) is 0. The van der Waals surface area contributed by atoms with Crippen LogP contribution in [0.3, 0.4) is 0 Å². The first-order valence-electron chi connectivity index (χ1n) is 11.6. The molecule has 170 valence electrons. The van der Waals surface area contributed by atoms with E-state index in [1.165, 1.54) is 30.5 Å². The number of hydrogen-bond acceptors (Lipinski definition) is 2. The molecule has 2 aromatic rings. The topological polar surface area (TPSA) is 23.6 Å². The molecule has 2 aromatic carbocycles. The van der Waals surface area contributed by atoms with Gasteiger partial charge in [0, 0.05) is 18.3 Å². The number of amides is 1. The summed E-state index contributed by atoms with van der Waals surface area (Å²) in [4.78, 5) is 17.5. The maximum absolute atomic E-state index is 13.4. The van der Waals surface area contributed by atoms with Gasteiger partial charge in [-0.3, -0.25) is 9.69 Å². The zero-order valence-electron chi connectivity index (χ0n) is 18.4. The van der Waals surface area contributed by atoms with Gasteiger partial charge in [0.25, 0.3) is 0 Å².